The molecule has 0 spiro atoms. The topological polar surface area (TPSA) is 91.2 Å². The molecule has 2 aliphatic rings. The molecule has 0 bridgehead atoms. The standard InChI is InChI=1S/C29H26ClFN6O2/c30-20-6-1-4-17-13-24(37(26(17)20)16-23-21(31)7-2-8-33-23)28-34-22-12-18(14-25-27(22)36(28)10-11-39-25)29(38)35-9-3-5-19(32)15-35/h1-2,4,6-8,12-14,19H,3,5,9-11,15-16,32H2/t19-/m1/s1. The molecule has 2 N–H and O–H groups in total. The summed E-state index contributed by atoms with van der Waals surface area (Å²) in [5.74, 6) is 0.865. The summed E-state index contributed by atoms with van der Waals surface area (Å²) in [7, 11) is 0. The van der Waals surface area contributed by atoms with E-state index >= 15 is 0 Å². The van der Waals surface area contributed by atoms with Gasteiger partial charge in [-0.2, -0.15) is 0 Å². The summed E-state index contributed by atoms with van der Waals surface area (Å²) in [5.41, 5.74) is 10.0. The summed E-state index contributed by atoms with van der Waals surface area (Å²) >= 11 is 6.66. The smallest absolute Gasteiger partial charge is 0.254 e. The van der Waals surface area contributed by atoms with Crippen molar-refractivity contribution in [3.8, 4) is 17.3 Å². The van der Waals surface area contributed by atoms with Gasteiger partial charge in [-0.15, -0.1) is 0 Å². The number of rotatable bonds is 4. The average Bonchev–Trinajstić information content (AvgIpc) is 3.49. The quantitative estimate of drug-likeness (QED) is 0.349. The molecule has 1 amide bonds. The van der Waals surface area contributed by atoms with E-state index in [2.05, 4.69) is 9.55 Å². The summed E-state index contributed by atoms with van der Waals surface area (Å²) < 4.78 is 24.8. The first-order chi connectivity index (χ1) is 19.0. The van der Waals surface area contributed by atoms with Crippen LogP contribution in [-0.2, 0) is 13.1 Å². The van der Waals surface area contributed by atoms with E-state index < -0.39 is 0 Å². The molecule has 0 unspecified atom stereocenters. The molecule has 7 rings (SSSR count). The van der Waals surface area contributed by atoms with Crippen molar-refractivity contribution in [1.29, 1.82) is 0 Å². The molecule has 0 saturated carbocycles. The van der Waals surface area contributed by atoms with E-state index in [1.54, 1.807) is 12.3 Å². The number of hydrogen-bond donors (Lipinski definition) is 1. The number of aromatic nitrogens is 4. The van der Waals surface area contributed by atoms with Gasteiger partial charge in [-0.25, -0.2) is 9.37 Å². The normalized spacial score (nSPS) is 17.1. The fourth-order valence-electron chi connectivity index (χ4n) is 5.81. The Hall–Kier alpha value is -3.95. The third kappa shape index (κ3) is 4.04. The number of nitrogens with two attached hydrogens (primary N) is 1. The van der Waals surface area contributed by atoms with Gasteiger partial charge in [0, 0.05) is 36.3 Å². The first-order valence-electron chi connectivity index (χ1n) is 13.1. The van der Waals surface area contributed by atoms with Crippen molar-refractivity contribution < 1.29 is 13.9 Å². The van der Waals surface area contributed by atoms with Crippen LogP contribution in [0.4, 0.5) is 4.39 Å². The van der Waals surface area contributed by atoms with E-state index in [9.17, 15) is 9.18 Å². The second kappa shape index (κ2) is 9.36. The molecule has 5 heterocycles. The van der Waals surface area contributed by atoms with Crippen LogP contribution in [0.3, 0.4) is 0 Å². The van der Waals surface area contributed by atoms with E-state index in [0.717, 1.165) is 35.0 Å². The molecule has 8 nitrogen and oxygen atoms in total. The third-order valence-electron chi connectivity index (χ3n) is 7.61. The van der Waals surface area contributed by atoms with E-state index in [0.29, 0.717) is 59.6 Å². The SMILES string of the molecule is N[C@@H]1CCCN(C(=O)c2cc3c4c(c2)nc(-c2cc5cccc(Cl)c5n2Cc2ncccc2F)n4CCO3)C1. The van der Waals surface area contributed by atoms with Crippen molar-refractivity contribution in [2.75, 3.05) is 19.7 Å². The summed E-state index contributed by atoms with van der Waals surface area (Å²) in [6.45, 7) is 2.43. The third-order valence-corrected chi connectivity index (χ3v) is 7.92. The number of ether oxygens (including phenoxy) is 1. The van der Waals surface area contributed by atoms with Crippen molar-refractivity contribution in [2.24, 2.45) is 5.73 Å². The Morgan fingerprint density at radius 3 is 2.90 bits per heavy atom. The Kier molecular flexibility index (Phi) is 5.79. The molecule has 1 saturated heterocycles. The number of benzene rings is 2. The van der Waals surface area contributed by atoms with Crippen molar-refractivity contribution in [1.82, 2.24) is 24.0 Å². The summed E-state index contributed by atoms with van der Waals surface area (Å²) in [4.78, 5) is 24.5. The zero-order valence-corrected chi connectivity index (χ0v) is 21.9. The monoisotopic (exact) mass is 544 g/mol. The largest absolute Gasteiger partial charge is 0.489 e. The van der Waals surface area contributed by atoms with Crippen molar-refractivity contribution in [3.05, 3.63) is 76.8 Å². The maximum absolute atomic E-state index is 14.7. The molecule has 5 aromatic rings. The number of carbonyl (C=O) groups excluding carboxylic acids is 1. The number of piperidine rings is 1. The van der Waals surface area contributed by atoms with Gasteiger partial charge in [0.25, 0.3) is 5.91 Å². The molecule has 1 fully saturated rings. The lowest BCUT2D eigenvalue weighted by Gasteiger charge is -2.31. The number of fused-ring (bicyclic) bond motifs is 1. The zero-order valence-electron chi connectivity index (χ0n) is 21.1. The molecular weight excluding hydrogens is 519 g/mol. The van der Waals surface area contributed by atoms with Crippen LogP contribution in [0.1, 0.15) is 28.9 Å². The van der Waals surface area contributed by atoms with Crippen LogP contribution in [0.15, 0.2) is 54.7 Å². The lowest BCUT2D eigenvalue weighted by molar-refractivity contribution is 0.0708. The zero-order chi connectivity index (χ0) is 26.7. The van der Waals surface area contributed by atoms with E-state index in [4.69, 9.17) is 27.1 Å². The second-order valence-corrected chi connectivity index (χ2v) is 10.6. The maximum Gasteiger partial charge on any atom is 0.254 e. The number of hydrogen-bond acceptors (Lipinski definition) is 5. The number of para-hydroxylation sites is 1. The number of nitrogens with zero attached hydrogens (tertiary/aromatic N) is 5. The Balaban J connectivity index is 1.39. The highest BCUT2D eigenvalue weighted by atomic mass is 35.5. The van der Waals surface area contributed by atoms with E-state index in [-0.39, 0.29) is 24.3 Å². The Labute approximate surface area is 228 Å². The highest BCUT2D eigenvalue weighted by Crippen LogP contribution is 2.38. The molecular formula is C29H26ClFN6O2. The lowest BCUT2D eigenvalue weighted by atomic mass is 10.0. The molecule has 1 atom stereocenters. The predicted octanol–water partition coefficient (Wildman–Crippen LogP) is 4.85. The van der Waals surface area contributed by atoms with E-state index in [1.807, 2.05) is 45.9 Å². The summed E-state index contributed by atoms with van der Waals surface area (Å²) in [6.07, 6.45) is 3.39. The first kappa shape index (κ1) is 24.1. The maximum atomic E-state index is 14.7. The van der Waals surface area contributed by atoms with Crippen LogP contribution in [0.2, 0.25) is 5.02 Å². The number of carbonyl (C=O) groups is 1. The summed E-state index contributed by atoms with van der Waals surface area (Å²) in [6, 6.07) is 14.3. The van der Waals surface area contributed by atoms with Crippen LogP contribution in [0.5, 0.6) is 5.75 Å². The Morgan fingerprint density at radius 1 is 1.15 bits per heavy atom. The van der Waals surface area contributed by atoms with Gasteiger partial charge in [-0.05, 0) is 49.2 Å². The number of imidazole rings is 1. The van der Waals surface area contributed by atoms with Crippen LogP contribution in [-0.4, -0.2) is 55.6 Å². The van der Waals surface area contributed by atoms with Crippen LogP contribution < -0.4 is 10.5 Å². The molecule has 198 valence electrons. The number of likely N-dealkylation sites (tertiary alicyclic amines) is 1. The van der Waals surface area contributed by atoms with Gasteiger partial charge >= 0.3 is 0 Å². The van der Waals surface area contributed by atoms with Crippen molar-refractivity contribution in [3.63, 3.8) is 0 Å². The van der Waals surface area contributed by atoms with Crippen LogP contribution in [0.25, 0.3) is 33.5 Å². The minimum absolute atomic E-state index is 0.00969. The van der Waals surface area contributed by atoms with Gasteiger partial charge in [0.2, 0.25) is 0 Å². The Bertz CT molecular complexity index is 1760. The van der Waals surface area contributed by atoms with Crippen molar-refractivity contribution in [2.45, 2.75) is 32.0 Å². The molecule has 0 aliphatic carbocycles. The number of halogens is 2. The number of pyridine rings is 1. The lowest BCUT2D eigenvalue weighted by Crippen LogP contribution is -2.45. The van der Waals surface area contributed by atoms with Gasteiger partial charge in [0.1, 0.15) is 23.7 Å². The number of amides is 1. The van der Waals surface area contributed by atoms with Gasteiger partial charge in [-0.1, -0.05) is 23.7 Å². The Morgan fingerprint density at radius 2 is 2.05 bits per heavy atom. The fourth-order valence-corrected chi connectivity index (χ4v) is 6.10. The average molecular weight is 545 g/mol. The minimum Gasteiger partial charge on any atom is -0.489 e. The molecule has 2 aromatic carbocycles. The second-order valence-electron chi connectivity index (χ2n) is 10.2. The first-order valence-corrected chi connectivity index (χ1v) is 13.4. The van der Waals surface area contributed by atoms with Crippen molar-refractivity contribution >= 4 is 39.4 Å². The highest BCUT2D eigenvalue weighted by molar-refractivity contribution is 6.35. The van der Waals surface area contributed by atoms with E-state index in [1.165, 1.54) is 6.07 Å². The molecule has 0 radical (unpaired) electrons. The fraction of sp³-hybridized carbons (Fsp3) is 0.276. The van der Waals surface area contributed by atoms with Crippen LogP contribution in [0, 0.1) is 5.82 Å². The van der Waals surface area contributed by atoms with Gasteiger partial charge < -0.3 is 24.5 Å². The minimum atomic E-state index is -0.386. The molecule has 2 aliphatic heterocycles. The van der Waals surface area contributed by atoms with Gasteiger partial charge in [0.05, 0.1) is 40.5 Å². The highest BCUT2D eigenvalue weighted by Gasteiger charge is 2.28. The summed E-state index contributed by atoms with van der Waals surface area (Å²) in [5, 5.41) is 1.47. The molecule has 10 heteroatoms. The predicted molar refractivity (Wildman–Crippen MR) is 148 cm³/mol. The molecule has 39 heavy (non-hydrogen) atoms. The van der Waals surface area contributed by atoms with Gasteiger partial charge in [-0.3, -0.25) is 9.78 Å². The molecule has 3 aromatic heterocycles. The van der Waals surface area contributed by atoms with Gasteiger partial charge in [0.15, 0.2) is 5.82 Å². The van der Waals surface area contributed by atoms with Crippen LogP contribution >= 0.6 is 11.6 Å².